The minimum Gasteiger partial charge on any atom is -0.344 e. The zero-order chi connectivity index (χ0) is 53.8. The van der Waals surface area contributed by atoms with Crippen LogP contribution in [0.3, 0.4) is 0 Å². The Balaban J connectivity index is 0.000000367. The molecule has 12 rings (SSSR count). The monoisotopic (exact) mass is 1010 g/mol. The standard InChI is InChI=1S/C60H48N2.C14H12.C2H6/c1-4-5-30-53-58-54-43-50-27-14-16-31-51(50)52(54)38-39-56(58)60(44(2)22-12-13-25-47-26-15-17-32-55(47)60)59(53)49-36-34-48(35-37-49)57-33-20-28-46(45-23-10-9-11-24-45)29-21-42-62(57)41-19-8-6-7-18-40-61-3;1-10-11-6-2-4-8-13(11)14-9-5-3-7-12(10)14;1-2/h4-40,42H,1-3,41,43H2;2-10H,1H3;1-2H3/b7-6-,19-8+,22-12-,25-13-,28-20?,30-5-,40-18-,42-21?,46-29?,57-33?;;. The van der Waals surface area contributed by atoms with Gasteiger partial charge in [-0.1, -0.05) is 283 Å². The second-order valence-corrected chi connectivity index (χ2v) is 19.5. The molecule has 4 aliphatic rings. The Hall–Kier alpha value is -9.37. The molecule has 4 aliphatic carbocycles. The quantitative estimate of drug-likeness (QED) is 0.0960. The van der Waals surface area contributed by atoms with Crippen molar-refractivity contribution in [2.24, 2.45) is 4.99 Å². The topological polar surface area (TPSA) is 17.3 Å². The largest absolute Gasteiger partial charge is 0.344 e. The maximum atomic E-state index is 4.93. The van der Waals surface area contributed by atoms with Gasteiger partial charge in [-0.05, 0) is 137 Å². The fourth-order valence-electron chi connectivity index (χ4n) is 11.9. The van der Waals surface area contributed by atoms with Gasteiger partial charge in [0.25, 0.3) is 0 Å². The minimum absolute atomic E-state index is 0.558. The highest BCUT2D eigenvalue weighted by atomic mass is 14.9. The van der Waals surface area contributed by atoms with Crippen LogP contribution in [0.15, 0.2) is 297 Å². The van der Waals surface area contributed by atoms with E-state index in [1.807, 2.05) is 38.2 Å². The summed E-state index contributed by atoms with van der Waals surface area (Å²) in [6, 6.07) is 70.4. The lowest BCUT2D eigenvalue weighted by Gasteiger charge is -2.38. The average Bonchev–Trinajstić information content (AvgIpc) is 3.69. The molecule has 2 nitrogen and oxygen atoms in total. The molecule has 0 bridgehead atoms. The molecule has 7 aromatic carbocycles. The van der Waals surface area contributed by atoms with Crippen LogP contribution in [0.5, 0.6) is 0 Å². The number of nitrogens with zero attached hydrogens (tertiary/aromatic N) is 2. The smallest absolute Gasteiger partial charge is 0.0719 e. The zero-order valence-corrected chi connectivity index (χ0v) is 45.1. The summed E-state index contributed by atoms with van der Waals surface area (Å²) in [5.41, 5.74) is 24.6. The van der Waals surface area contributed by atoms with Crippen molar-refractivity contribution >= 4 is 23.9 Å². The van der Waals surface area contributed by atoms with Gasteiger partial charge in [0, 0.05) is 30.6 Å². The Morgan fingerprint density at radius 2 is 1.19 bits per heavy atom. The molecular weight excluding hydrogens is 941 g/mol. The van der Waals surface area contributed by atoms with Crippen LogP contribution >= 0.6 is 0 Å². The molecule has 380 valence electrons. The molecule has 1 unspecified atom stereocenters. The van der Waals surface area contributed by atoms with Gasteiger partial charge in [0.05, 0.1) is 5.41 Å². The second-order valence-electron chi connectivity index (χ2n) is 19.5. The number of rotatable bonds is 10. The van der Waals surface area contributed by atoms with Crippen molar-refractivity contribution in [3.05, 3.63) is 342 Å². The van der Waals surface area contributed by atoms with Gasteiger partial charge < -0.3 is 4.57 Å². The van der Waals surface area contributed by atoms with Crippen LogP contribution < -0.4 is 0 Å². The Kier molecular flexibility index (Phi) is 16.1. The molecule has 0 saturated heterocycles. The van der Waals surface area contributed by atoms with Crippen LogP contribution in [0.2, 0.25) is 0 Å². The highest BCUT2D eigenvalue weighted by molar-refractivity contribution is 6.11. The van der Waals surface area contributed by atoms with Gasteiger partial charge in [-0.3, -0.25) is 4.99 Å². The van der Waals surface area contributed by atoms with Crippen LogP contribution in [0.4, 0.5) is 0 Å². The molecule has 0 aliphatic heterocycles. The fraction of sp³-hybridized carbons (Fsp3) is 0.0921. The van der Waals surface area contributed by atoms with E-state index in [2.05, 4.69) is 279 Å². The maximum absolute atomic E-state index is 4.93. The summed E-state index contributed by atoms with van der Waals surface area (Å²) >= 11 is 0. The van der Waals surface area contributed by atoms with E-state index < -0.39 is 5.41 Å². The molecule has 1 spiro atoms. The fourth-order valence-corrected chi connectivity index (χ4v) is 11.9. The van der Waals surface area contributed by atoms with Crippen LogP contribution in [0.1, 0.15) is 76.8 Å². The summed E-state index contributed by atoms with van der Waals surface area (Å²) in [6.07, 6.45) is 29.8. The molecule has 0 fully saturated rings. The number of aliphatic imine (C=N–C) groups is 1. The maximum Gasteiger partial charge on any atom is 0.0719 e. The summed E-state index contributed by atoms with van der Waals surface area (Å²) in [6.45, 7) is 19.5. The van der Waals surface area contributed by atoms with Gasteiger partial charge in [0.1, 0.15) is 0 Å². The number of benzene rings is 7. The third-order valence-corrected chi connectivity index (χ3v) is 15.3. The second kappa shape index (κ2) is 24.1. The summed E-state index contributed by atoms with van der Waals surface area (Å²) < 4.78 is 2.30. The molecule has 1 heterocycles. The zero-order valence-electron chi connectivity index (χ0n) is 45.1. The molecule has 0 N–H and O–H groups in total. The highest BCUT2D eigenvalue weighted by Gasteiger charge is 2.50. The van der Waals surface area contributed by atoms with E-state index in [0.717, 1.165) is 34.4 Å². The van der Waals surface area contributed by atoms with E-state index in [1.54, 1.807) is 6.20 Å². The van der Waals surface area contributed by atoms with E-state index in [0.29, 0.717) is 12.5 Å². The summed E-state index contributed by atoms with van der Waals surface area (Å²) in [5.74, 6) is 0.558. The Morgan fingerprint density at radius 3 is 1.94 bits per heavy atom. The Labute approximate surface area is 462 Å². The molecule has 2 heteroatoms. The lowest BCUT2D eigenvalue weighted by Crippen LogP contribution is -2.30. The number of fused-ring (bicyclic) bond motifs is 11. The third kappa shape index (κ3) is 9.97. The molecule has 0 saturated carbocycles. The minimum atomic E-state index is -0.664. The predicted octanol–water partition coefficient (Wildman–Crippen LogP) is 19.8. The number of hydrogen-bond acceptors (Lipinski definition) is 1. The molecule has 1 aromatic heterocycles. The average molecular weight is 1010 g/mol. The van der Waals surface area contributed by atoms with Crippen molar-refractivity contribution in [2.75, 3.05) is 0 Å². The van der Waals surface area contributed by atoms with Crippen molar-refractivity contribution in [3.63, 3.8) is 0 Å². The van der Waals surface area contributed by atoms with Gasteiger partial charge in [-0.15, -0.1) is 0 Å². The first-order valence-corrected chi connectivity index (χ1v) is 27.3. The molecule has 1 atom stereocenters. The van der Waals surface area contributed by atoms with E-state index in [1.165, 1.54) is 83.5 Å². The van der Waals surface area contributed by atoms with Crippen molar-refractivity contribution in [3.8, 4) is 44.6 Å². The summed E-state index contributed by atoms with van der Waals surface area (Å²) in [5, 5.41) is 0. The van der Waals surface area contributed by atoms with Crippen LogP contribution in [-0.4, -0.2) is 11.3 Å². The number of aromatic nitrogens is 1. The number of allylic oxidation sites excluding steroid dienone is 14. The first-order valence-electron chi connectivity index (χ1n) is 27.3. The van der Waals surface area contributed by atoms with Crippen molar-refractivity contribution < 1.29 is 0 Å². The van der Waals surface area contributed by atoms with Crippen molar-refractivity contribution in [2.45, 2.75) is 45.1 Å². The Morgan fingerprint density at radius 1 is 0.564 bits per heavy atom. The van der Waals surface area contributed by atoms with Gasteiger partial charge >= 0.3 is 0 Å². The molecule has 0 radical (unpaired) electrons. The summed E-state index contributed by atoms with van der Waals surface area (Å²) in [4.78, 5) is 3.79. The third-order valence-electron chi connectivity index (χ3n) is 15.3. The van der Waals surface area contributed by atoms with E-state index in [9.17, 15) is 0 Å². The van der Waals surface area contributed by atoms with Crippen molar-refractivity contribution in [1.29, 1.82) is 0 Å². The molecule has 0 amide bonds. The van der Waals surface area contributed by atoms with E-state index in [-0.39, 0.29) is 0 Å². The first-order chi connectivity index (χ1) is 38.5. The lowest BCUT2D eigenvalue weighted by molar-refractivity contribution is 0.812. The van der Waals surface area contributed by atoms with Crippen LogP contribution in [0.25, 0.3) is 61.9 Å². The van der Waals surface area contributed by atoms with Gasteiger partial charge in [-0.25, -0.2) is 0 Å². The SMILES string of the molecule is C=C/C=C\C1=C(c2ccc(-c3cccc(-c4ccccc4)cccn3C/C=C/C=C\C=C/N=C)cc2)C2(C(=C)/C=C\C=C/c3ccccc32)c2ccc3c(c21)Cc1ccccc1-3.CC.CC1c2ccccc2-c2ccccc21. The van der Waals surface area contributed by atoms with Gasteiger partial charge in [0.2, 0.25) is 0 Å². The Bertz CT molecular complexity index is 3780. The lowest BCUT2D eigenvalue weighted by atomic mass is 9.63. The summed E-state index contributed by atoms with van der Waals surface area (Å²) in [7, 11) is 0. The first kappa shape index (κ1) is 52.1. The normalized spacial score (nSPS) is 16.2. The molecule has 8 aromatic rings. The van der Waals surface area contributed by atoms with Crippen LogP contribution in [-0.2, 0) is 18.4 Å². The molecular formula is C76H66N2. The number of hydrogen-bond donors (Lipinski definition) is 0. The van der Waals surface area contributed by atoms with E-state index >= 15 is 0 Å². The predicted molar refractivity (Wildman–Crippen MR) is 336 cm³/mol. The highest BCUT2D eigenvalue weighted by Crippen LogP contribution is 2.62. The van der Waals surface area contributed by atoms with Crippen LogP contribution in [0, 0.1) is 0 Å². The van der Waals surface area contributed by atoms with E-state index in [4.69, 9.17) is 6.58 Å². The molecule has 78 heavy (non-hydrogen) atoms. The van der Waals surface area contributed by atoms with Crippen molar-refractivity contribution in [1.82, 2.24) is 4.57 Å². The van der Waals surface area contributed by atoms with Gasteiger partial charge in [0.15, 0.2) is 0 Å². The van der Waals surface area contributed by atoms with Gasteiger partial charge in [-0.2, -0.15) is 0 Å².